The third-order valence-corrected chi connectivity index (χ3v) is 5.21. The van der Waals surface area contributed by atoms with Crippen molar-refractivity contribution in [1.82, 2.24) is 4.90 Å². The average molecular weight is 338 g/mol. The highest BCUT2D eigenvalue weighted by atomic mass is 35.5. The van der Waals surface area contributed by atoms with E-state index < -0.39 is 0 Å². The van der Waals surface area contributed by atoms with Gasteiger partial charge >= 0.3 is 0 Å². The number of rotatable bonds is 6. The quantitative estimate of drug-likeness (QED) is 0.810. The van der Waals surface area contributed by atoms with Crippen LogP contribution in [-0.4, -0.2) is 49.5 Å². The van der Waals surface area contributed by atoms with Gasteiger partial charge in [0, 0.05) is 42.2 Å². The summed E-state index contributed by atoms with van der Waals surface area (Å²) in [4.78, 5) is 2.38. The Morgan fingerprint density at radius 2 is 2.39 bits per heavy atom. The van der Waals surface area contributed by atoms with E-state index in [1.807, 2.05) is 18.2 Å². The van der Waals surface area contributed by atoms with Crippen molar-refractivity contribution in [2.24, 2.45) is 11.3 Å². The number of halogens is 1. The number of aliphatic hydroxyl groups excluding tert-OH is 1. The molecule has 3 rings (SSSR count). The maximum absolute atomic E-state index is 9.89. The van der Waals surface area contributed by atoms with E-state index in [-0.39, 0.29) is 12.0 Å². The van der Waals surface area contributed by atoms with E-state index in [1.54, 1.807) is 6.08 Å². The molecule has 0 amide bonds. The molecule has 0 bridgehead atoms. The van der Waals surface area contributed by atoms with Gasteiger partial charge in [-0.25, -0.2) is 0 Å². The molecule has 2 atom stereocenters. The van der Waals surface area contributed by atoms with Crippen LogP contribution in [0.15, 0.2) is 30.9 Å². The lowest BCUT2D eigenvalue weighted by Gasteiger charge is -2.36. The number of aliphatic hydroxyl groups is 1. The van der Waals surface area contributed by atoms with Gasteiger partial charge in [0.25, 0.3) is 0 Å². The Labute approximate surface area is 142 Å². The third kappa shape index (κ3) is 3.56. The normalized spacial score (nSPS) is 27.7. The predicted octanol–water partition coefficient (Wildman–Crippen LogP) is 2.74. The Morgan fingerprint density at radius 1 is 1.52 bits per heavy atom. The Balaban J connectivity index is 1.74. The van der Waals surface area contributed by atoms with Crippen LogP contribution in [-0.2, 0) is 11.3 Å². The first-order valence-electron chi connectivity index (χ1n) is 8.10. The molecule has 2 heterocycles. The highest BCUT2D eigenvalue weighted by Gasteiger charge is 2.48. The smallest absolute Gasteiger partial charge is 0.124 e. The van der Waals surface area contributed by atoms with Crippen molar-refractivity contribution >= 4 is 11.6 Å². The second-order valence-corrected chi connectivity index (χ2v) is 7.02. The Hall–Kier alpha value is -1.07. The molecule has 5 heteroatoms. The summed E-state index contributed by atoms with van der Waals surface area (Å²) in [5, 5.41) is 10.6. The molecule has 1 aromatic rings. The fourth-order valence-electron chi connectivity index (χ4n) is 3.75. The van der Waals surface area contributed by atoms with Crippen molar-refractivity contribution in [2.45, 2.75) is 13.0 Å². The molecule has 0 radical (unpaired) electrons. The van der Waals surface area contributed by atoms with Crippen molar-refractivity contribution < 1.29 is 14.6 Å². The zero-order valence-corrected chi connectivity index (χ0v) is 14.1. The molecule has 126 valence electrons. The van der Waals surface area contributed by atoms with E-state index in [1.165, 1.54) is 0 Å². The molecule has 2 fully saturated rings. The van der Waals surface area contributed by atoms with Crippen molar-refractivity contribution in [2.75, 3.05) is 39.5 Å². The molecule has 2 aliphatic rings. The lowest BCUT2D eigenvalue weighted by atomic mass is 9.76. The maximum Gasteiger partial charge on any atom is 0.124 e. The van der Waals surface area contributed by atoms with Gasteiger partial charge in [0.05, 0.1) is 13.2 Å². The number of fused-ring (bicyclic) bond motifs is 1. The van der Waals surface area contributed by atoms with Gasteiger partial charge in [-0.05, 0) is 30.5 Å². The number of hydrogen-bond donors (Lipinski definition) is 1. The molecule has 0 aromatic heterocycles. The lowest BCUT2D eigenvalue weighted by molar-refractivity contribution is -0.0561. The molecule has 0 unspecified atom stereocenters. The summed E-state index contributed by atoms with van der Waals surface area (Å²) in [7, 11) is 0. The van der Waals surface area contributed by atoms with Gasteiger partial charge in [0.15, 0.2) is 0 Å². The van der Waals surface area contributed by atoms with Crippen LogP contribution in [0.4, 0.5) is 0 Å². The minimum atomic E-state index is -0.112. The minimum absolute atomic E-state index is 0.112. The Bertz CT molecular complexity index is 565. The van der Waals surface area contributed by atoms with Crippen molar-refractivity contribution in [3.8, 4) is 5.75 Å². The predicted molar refractivity (Wildman–Crippen MR) is 90.9 cm³/mol. The lowest BCUT2D eigenvalue weighted by Crippen LogP contribution is -2.42. The molecule has 4 nitrogen and oxygen atoms in total. The Kier molecular flexibility index (Phi) is 5.27. The van der Waals surface area contributed by atoms with E-state index in [0.717, 1.165) is 44.0 Å². The van der Waals surface area contributed by atoms with Gasteiger partial charge in [-0.3, -0.25) is 4.90 Å². The molecule has 23 heavy (non-hydrogen) atoms. The van der Waals surface area contributed by atoms with Crippen LogP contribution in [0.3, 0.4) is 0 Å². The van der Waals surface area contributed by atoms with Gasteiger partial charge in [-0.15, -0.1) is 0 Å². The van der Waals surface area contributed by atoms with Crippen molar-refractivity contribution in [3.05, 3.63) is 41.4 Å². The van der Waals surface area contributed by atoms with Gasteiger partial charge < -0.3 is 14.6 Å². The average Bonchev–Trinajstić information content (AvgIpc) is 2.92. The SMILES string of the molecule is C=CCOc1ccc(Cl)cc1CN1C[C@@H]2CCOC[C@]2(CO)C1. The second-order valence-electron chi connectivity index (χ2n) is 6.58. The monoisotopic (exact) mass is 337 g/mol. The van der Waals surface area contributed by atoms with Crippen LogP contribution in [0, 0.1) is 11.3 Å². The van der Waals surface area contributed by atoms with Crippen LogP contribution in [0.1, 0.15) is 12.0 Å². The van der Waals surface area contributed by atoms with Gasteiger partial charge in [0.1, 0.15) is 12.4 Å². The summed E-state index contributed by atoms with van der Waals surface area (Å²) in [5.41, 5.74) is 0.964. The molecule has 0 spiro atoms. The van der Waals surface area contributed by atoms with Crippen LogP contribution in [0.25, 0.3) is 0 Å². The van der Waals surface area contributed by atoms with E-state index >= 15 is 0 Å². The van der Waals surface area contributed by atoms with Crippen LogP contribution >= 0.6 is 11.6 Å². The molecule has 0 aliphatic carbocycles. The van der Waals surface area contributed by atoms with Crippen LogP contribution < -0.4 is 4.74 Å². The summed E-state index contributed by atoms with van der Waals surface area (Å²) in [6.45, 7) is 8.41. The van der Waals surface area contributed by atoms with Crippen molar-refractivity contribution in [1.29, 1.82) is 0 Å². The van der Waals surface area contributed by atoms with E-state index in [9.17, 15) is 5.11 Å². The Morgan fingerprint density at radius 3 is 3.13 bits per heavy atom. The first-order chi connectivity index (χ1) is 11.2. The molecular weight excluding hydrogens is 314 g/mol. The second kappa shape index (κ2) is 7.22. The largest absolute Gasteiger partial charge is 0.489 e. The first kappa shape index (κ1) is 16.8. The van der Waals surface area contributed by atoms with Crippen LogP contribution in [0.2, 0.25) is 5.02 Å². The standard InChI is InChI=1S/C18H24ClNO3/c1-2-6-23-17-4-3-16(19)8-14(17)9-20-10-15-5-7-22-13-18(15,11-20)12-21/h2-4,8,15,21H,1,5-7,9-13H2/t15-,18+/m0/s1. The minimum Gasteiger partial charge on any atom is -0.489 e. The molecule has 1 aromatic carbocycles. The molecule has 2 saturated heterocycles. The third-order valence-electron chi connectivity index (χ3n) is 4.97. The highest BCUT2D eigenvalue weighted by molar-refractivity contribution is 6.30. The number of nitrogens with zero attached hydrogens (tertiary/aromatic N) is 1. The van der Waals surface area contributed by atoms with Crippen LogP contribution in [0.5, 0.6) is 5.75 Å². The summed E-state index contributed by atoms with van der Waals surface area (Å²) >= 11 is 6.16. The first-order valence-corrected chi connectivity index (χ1v) is 8.48. The summed E-state index contributed by atoms with van der Waals surface area (Å²) in [5.74, 6) is 1.34. The topological polar surface area (TPSA) is 41.9 Å². The van der Waals surface area contributed by atoms with Gasteiger partial charge in [-0.2, -0.15) is 0 Å². The van der Waals surface area contributed by atoms with Gasteiger partial charge in [-0.1, -0.05) is 24.3 Å². The zero-order chi connectivity index (χ0) is 16.3. The number of ether oxygens (including phenoxy) is 2. The molecule has 0 saturated carbocycles. The fourth-order valence-corrected chi connectivity index (χ4v) is 3.95. The molecule has 1 N–H and O–H groups in total. The summed E-state index contributed by atoms with van der Waals surface area (Å²) in [6, 6.07) is 5.72. The molecular formula is C18H24ClNO3. The number of likely N-dealkylation sites (tertiary alicyclic amines) is 1. The molecule has 2 aliphatic heterocycles. The maximum atomic E-state index is 9.89. The number of benzene rings is 1. The summed E-state index contributed by atoms with van der Waals surface area (Å²) in [6.07, 6.45) is 2.76. The van der Waals surface area contributed by atoms with Crippen molar-refractivity contribution in [3.63, 3.8) is 0 Å². The zero-order valence-electron chi connectivity index (χ0n) is 13.3. The van der Waals surface area contributed by atoms with E-state index in [4.69, 9.17) is 21.1 Å². The van der Waals surface area contributed by atoms with E-state index in [0.29, 0.717) is 24.2 Å². The van der Waals surface area contributed by atoms with Gasteiger partial charge in [0.2, 0.25) is 0 Å². The summed E-state index contributed by atoms with van der Waals surface area (Å²) < 4.78 is 11.4. The number of hydrogen-bond acceptors (Lipinski definition) is 4. The fraction of sp³-hybridized carbons (Fsp3) is 0.556. The van der Waals surface area contributed by atoms with E-state index in [2.05, 4.69) is 11.5 Å². The highest BCUT2D eigenvalue weighted by Crippen LogP contribution is 2.42.